The molecule has 1 amide bonds. The summed E-state index contributed by atoms with van der Waals surface area (Å²) in [6, 6.07) is 14.3. The number of aromatic nitrogens is 1. The molecule has 0 aliphatic carbocycles. The van der Waals surface area contributed by atoms with Gasteiger partial charge >= 0.3 is 5.97 Å². The molecule has 1 fully saturated rings. The molecule has 0 unspecified atom stereocenters. The Kier molecular flexibility index (Phi) is 7.37. The fraction of sp³-hybridized carbons (Fsp3) is 0.320. The maximum absolute atomic E-state index is 12.6. The Morgan fingerprint density at radius 1 is 1.06 bits per heavy atom. The van der Waals surface area contributed by atoms with Crippen molar-refractivity contribution in [1.82, 2.24) is 10.1 Å². The van der Waals surface area contributed by atoms with Gasteiger partial charge in [-0.05, 0) is 50.2 Å². The molecule has 2 aromatic carbocycles. The number of ether oxygens (including phenoxy) is 2. The number of rotatable bonds is 7. The summed E-state index contributed by atoms with van der Waals surface area (Å²) >= 11 is 6.07. The van der Waals surface area contributed by atoms with E-state index in [1.165, 1.54) is 0 Å². The van der Waals surface area contributed by atoms with Crippen molar-refractivity contribution in [2.45, 2.75) is 20.5 Å². The third-order valence-corrected chi connectivity index (χ3v) is 6.00. The van der Waals surface area contributed by atoms with Gasteiger partial charge in [-0.15, -0.1) is 0 Å². The topological polar surface area (TPSA) is 85.1 Å². The minimum absolute atomic E-state index is 0.218. The Bertz CT molecular complexity index is 1150. The SMILES string of the molecule is Cc1noc(C)c1COc1cccc(C(=O)OCC(=O)N2CCN(c3cccc(Cl)c3)CC2)c1. The van der Waals surface area contributed by atoms with Gasteiger partial charge < -0.3 is 23.8 Å². The highest BCUT2D eigenvalue weighted by atomic mass is 35.5. The molecular weight excluding hydrogens is 458 g/mol. The third-order valence-electron chi connectivity index (χ3n) is 5.77. The lowest BCUT2D eigenvalue weighted by Gasteiger charge is -2.36. The van der Waals surface area contributed by atoms with Gasteiger partial charge in [0.15, 0.2) is 6.61 Å². The highest BCUT2D eigenvalue weighted by molar-refractivity contribution is 6.30. The second-order valence-electron chi connectivity index (χ2n) is 8.04. The van der Waals surface area contributed by atoms with Crippen molar-refractivity contribution in [2.75, 3.05) is 37.7 Å². The lowest BCUT2D eigenvalue weighted by Crippen LogP contribution is -2.49. The number of carbonyl (C=O) groups excluding carboxylic acids is 2. The molecule has 0 atom stereocenters. The summed E-state index contributed by atoms with van der Waals surface area (Å²) in [7, 11) is 0. The first kappa shape index (κ1) is 23.6. The average molecular weight is 484 g/mol. The lowest BCUT2D eigenvalue weighted by atomic mass is 10.2. The molecule has 0 N–H and O–H groups in total. The van der Waals surface area contributed by atoms with E-state index < -0.39 is 5.97 Å². The van der Waals surface area contributed by atoms with Gasteiger partial charge in [0.2, 0.25) is 0 Å². The highest BCUT2D eigenvalue weighted by Gasteiger charge is 2.22. The fourth-order valence-electron chi connectivity index (χ4n) is 3.77. The van der Waals surface area contributed by atoms with Crippen LogP contribution in [0.2, 0.25) is 5.02 Å². The number of carbonyl (C=O) groups is 2. The van der Waals surface area contributed by atoms with E-state index in [-0.39, 0.29) is 19.1 Å². The van der Waals surface area contributed by atoms with Crippen LogP contribution in [-0.4, -0.2) is 54.7 Å². The molecule has 0 radical (unpaired) electrons. The molecule has 3 aromatic rings. The molecule has 1 aliphatic rings. The Balaban J connectivity index is 1.26. The predicted molar refractivity (Wildman–Crippen MR) is 127 cm³/mol. The summed E-state index contributed by atoms with van der Waals surface area (Å²) in [4.78, 5) is 28.9. The summed E-state index contributed by atoms with van der Waals surface area (Å²) < 4.78 is 16.2. The van der Waals surface area contributed by atoms with Crippen LogP contribution < -0.4 is 9.64 Å². The van der Waals surface area contributed by atoms with Gasteiger partial charge in [0.05, 0.1) is 16.8 Å². The van der Waals surface area contributed by atoms with Gasteiger partial charge in [0, 0.05) is 36.9 Å². The number of benzene rings is 2. The molecule has 4 rings (SSSR count). The zero-order valence-corrected chi connectivity index (χ0v) is 19.9. The average Bonchev–Trinajstić information content (AvgIpc) is 3.18. The van der Waals surface area contributed by atoms with Crippen molar-refractivity contribution < 1.29 is 23.6 Å². The molecule has 0 bridgehead atoms. The van der Waals surface area contributed by atoms with E-state index in [2.05, 4.69) is 10.1 Å². The minimum Gasteiger partial charge on any atom is -0.489 e. The Hall–Kier alpha value is -3.52. The zero-order chi connectivity index (χ0) is 24.1. The molecule has 34 heavy (non-hydrogen) atoms. The lowest BCUT2D eigenvalue weighted by molar-refractivity contribution is -0.134. The van der Waals surface area contributed by atoms with E-state index in [4.69, 9.17) is 25.6 Å². The van der Waals surface area contributed by atoms with E-state index in [1.807, 2.05) is 38.1 Å². The van der Waals surface area contributed by atoms with Crippen molar-refractivity contribution >= 4 is 29.2 Å². The molecule has 178 valence electrons. The molecule has 2 heterocycles. The van der Waals surface area contributed by atoms with Crippen molar-refractivity contribution in [1.29, 1.82) is 0 Å². The van der Waals surface area contributed by atoms with Gasteiger partial charge in [-0.25, -0.2) is 4.79 Å². The number of piperazine rings is 1. The van der Waals surface area contributed by atoms with Crippen LogP contribution in [-0.2, 0) is 16.1 Å². The van der Waals surface area contributed by atoms with Crippen LogP contribution >= 0.6 is 11.6 Å². The zero-order valence-electron chi connectivity index (χ0n) is 19.1. The quantitative estimate of drug-likeness (QED) is 0.469. The summed E-state index contributed by atoms with van der Waals surface area (Å²) in [5, 5.41) is 4.59. The number of hydrogen-bond acceptors (Lipinski definition) is 7. The second-order valence-corrected chi connectivity index (χ2v) is 8.48. The van der Waals surface area contributed by atoms with Gasteiger partial charge in [-0.2, -0.15) is 0 Å². The van der Waals surface area contributed by atoms with Gasteiger partial charge in [0.25, 0.3) is 5.91 Å². The van der Waals surface area contributed by atoms with Gasteiger partial charge in [-0.3, -0.25) is 4.79 Å². The van der Waals surface area contributed by atoms with Crippen LogP contribution in [0.4, 0.5) is 5.69 Å². The van der Waals surface area contributed by atoms with Gasteiger partial charge in [0.1, 0.15) is 18.1 Å². The second kappa shape index (κ2) is 10.6. The largest absolute Gasteiger partial charge is 0.489 e. The van der Waals surface area contributed by atoms with Crippen LogP contribution in [0.15, 0.2) is 53.1 Å². The van der Waals surface area contributed by atoms with Crippen LogP contribution in [0.1, 0.15) is 27.4 Å². The molecule has 0 spiro atoms. The molecular formula is C25H26ClN3O5. The molecule has 9 heteroatoms. The first-order valence-electron chi connectivity index (χ1n) is 11.0. The molecule has 1 aromatic heterocycles. The van der Waals surface area contributed by atoms with Gasteiger partial charge in [-0.1, -0.05) is 28.9 Å². The molecule has 8 nitrogen and oxygen atoms in total. The monoisotopic (exact) mass is 483 g/mol. The number of esters is 1. The number of hydrogen-bond donors (Lipinski definition) is 0. The van der Waals surface area contributed by atoms with Crippen molar-refractivity contribution in [3.63, 3.8) is 0 Å². The fourth-order valence-corrected chi connectivity index (χ4v) is 3.95. The van der Waals surface area contributed by atoms with Crippen LogP contribution in [0.3, 0.4) is 0 Å². The van der Waals surface area contributed by atoms with Crippen LogP contribution in [0.5, 0.6) is 5.75 Å². The van der Waals surface area contributed by atoms with E-state index >= 15 is 0 Å². The number of nitrogens with zero attached hydrogens (tertiary/aromatic N) is 3. The van der Waals surface area contributed by atoms with Crippen molar-refractivity contribution in [2.24, 2.45) is 0 Å². The Morgan fingerprint density at radius 2 is 1.82 bits per heavy atom. The van der Waals surface area contributed by atoms with E-state index in [1.54, 1.807) is 29.2 Å². The number of amides is 1. The van der Waals surface area contributed by atoms with E-state index in [9.17, 15) is 9.59 Å². The summed E-state index contributed by atoms with van der Waals surface area (Å²) in [5.74, 6) is 0.413. The molecule has 1 aliphatic heterocycles. The first-order valence-corrected chi connectivity index (χ1v) is 11.4. The van der Waals surface area contributed by atoms with Crippen LogP contribution in [0, 0.1) is 13.8 Å². The summed E-state index contributed by atoms with van der Waals surface area (Å²) in [6.45, 7) is 6.11. The number of anilines is 1. The maximum Gasteiger partial charge on any atom is 0.338 e. The Morgan fingerprint density at radius 3 is 2.53 bits per heavy atom. The predicted octanol–water partition coefficient (Wildman–Crippen LogP) is 4.03. The van der Waals surface area contributed by atoms with E-state index in [0.29, 0.717) is 48.3 Å². The number of aryl methyl sites for hydroxylation is 2. The number of halogens is 1. The molecule has 0 saturated carbocycles. The third kappa shape index (κ3) is 5.69. The minimum atomic E-state index is -0.575. The Labute approximate surface area is 203 Å². The highest BCUT2D eigenvalue weighted by Crippen LogP contribution is 2.21. The standard InChI is InChI=1S/C25H26ClN3O5/c1-17-23(18(2)34-27-17)15-32-22-8-3-5-19(13-22)25(31)33-16-24(30)29-11-9-28(10-12-29)21-7-4-6-20(26)14-21/h3-8,13-14H,9-12,15-16H2,1-2H3. The van der Waals surface area contributed by atoms with E-state index in [0.717, 1.165) is 16.9 Å². The van der Waals surface area contributed by atoms with Crippen LogP contribution in [0.25, 0.3) is 0 Å². The van der Waals surface area contributed by atoms with Crippen molar-refractivity contribution in [3.8, 4) is 5.75 Å². The van der Waals surface area contributed by atoms with Crippen molar-refractivity contribution in [3.05, 3.63) is 76.1 Å². The molecule has 1 saturated heterocycles. The smallest absolute Gasteiger partial charge is 0.338 e. The summed E-state index contributed by atoms with van der Waals surface area (Å²) in [6.07, 6.45) is 0. The summed E-state index contributed by atoms with van der Waals surface area (Å²) in [5.41, 5.74) is 2.98. The first-order chi connectivity index (χ1) is 16.4. The maximum atomic E-state index is 12.6. The normalized spacial score (nSPS) is 13.6.